The number of ether oxygens (including phenoxy) is 1. The van der Waals surface area contributed by atoms with E-state index in [9.17, 15) is 4.79 Å². The first-order valence-electron chi connectivity index (χ1n) is 6.99. The van der Waals surface area contributed by atoms with E-state index in [1.54, 1.807) is 0 Å². The molecule has 1 aliphatic carbocycles. The van der Waals surface area contributed by atoms with Crippen molar-refractivity contribution in [1.29, 1.82) is 0 Å². The zero-order valence-corrected chi connectivity index (χ0v) is 12.2. The highest BCUT2D eigenvalue weighted by Crippen LogP contribution is 2.47. The highest BCUT2D eigenvalue weighted by molar-refractivity contribution is 5.67. The Balaban J connectivity index is 2.24. The van der Waals surface area contributed by atoms with Crippen LogP contribution in [0.5, 0.6) is 0 Å². The number of nitrogens with two attached hydrogens (primary N) is 1. The molecule has 0 saturated heterocycles. The number of carbonyl (C=O) groups excluding carboxylic acids is 1. The second-order valence-electron chi connectivity index (χ2n) is 6.55. The van der Waals surface area contributed by atoms with Crippen molar-refractivity contribution in [3.63, 3.8) is 0 Å². The van der Waals surface area contributed by atoms with Gasteiger partial charge >= 0.3 is 6.09 Å². The highest BCUT2D eigenvalue weighted by atomic mass is 16.6. The van der Waals surface area contributed by atoms with E-state index in [2.05, 4.69) is 12.2 Å². The Hall–Kier alpha value is -0.770. The summed E-state index contributed by atoms with van der Waals surface area (Å²) in [5, 5.41) is 2.75. The third kappa shape index (κ3) is 4.84. The van der Waals surface area contributed by atoms with Gasteiger partial charge in [0.1, 0.15) is 5.60 Å². The minimum atomic E-state index is -0.452. The Bertz CT molecular complexity index is 274. The quantitative estimate of drug-likeness (QED) is 0.795. The summed E-state index contributed by atoms with van der Waals surface area (Å²) in [4.78, 5) is 11.5. The van der Waals surface area contributed by atoms with Gasteiger partial charge in [-0.3, -0.25) is 0 Å². The minimum absolute atomic E-state index is 0.0257. The van der Waals surface area contributed by atoms with Crippen molar-refractivity contribution in [2.45, 2.75) is 71.4 Å². The normalized spacial score (nSPS) is 19.8. The first-order chi connectivity index (χ1) is 8.26. The fourth-order valence-electron chi connectivity index (χ4n) is 2.54. The van der Waals surface area contributed by atoms with Crippen LogP contribution in [-0.2, 0) is 4.74 Å². The molecule has 4 nitrogen and oxygen atoms in total. The molecule has 1 unspecified atom stereocenters. The fraction of sp³-hybridized carbons (Fsp3) is 0.929. The monoisotopic (exact) mass is 256 g/mol. The molecule has 1 saturated carbocycles. The van der Waals surface area contributed by atoms with Crippen LogP contribution in [-0.4, -0.2) is 24.3 Å². The Kier molecular flexibility index (Phi) is 5.02. The summed E-state index contributed by atoms with van der Waals surface area (Å²) in [6, 6.07) is 0.0257. The number of amides is 1. The number of rotatable bonds is 5. The molecule has 1 rings (SSSR count). The predicted molar refractivity (Wildman–Crippen MR) is 73.4 cm³/mol. The SMILES string of the molecule is CCC1(CC(N)CNC(=O)OC(C)(C)C)CCC1. The molecule has 0 aromatic heterocycles. The topological polar surface area (TPSA) is 64.3 Å². The molecule has 3 N–H and O–H groups in total. The van der Waals surface area contributed by atoms with Crippen molar-refractivity contribution in [3.05, 3.63) is 0 Å². The first kappa shape index (κ1) is 15.3. The molecule has 0 radical (unpaired) electrons. The number of nitrogens with one attached hydrogen (secondary N) is 1. The molecule has 0 spiro atoms. The summed E-state index contributed by atoms with van der Waals surface area (Å²) in [7, 11) is 0. The van der Waals surface area contributed by atoms with Crippen molar-refractivity contribution in [2.75, 3.05) is 6.54 Å². The summed E-state index contributed by atoms with van der Waals surface area (Å²) in [5.41, 5.74) is 6.07. The summed E-state index contributed by atoms with van der Waals surface area (Å²) >= 11 is 0. The smallest absolute Gasteiger partial charge is 0.407 e. The summed E-state index contributed by atoms with van der Waals surface area (Å²) in [5.74, 6) is 0. The van der Waals surface area contributed by atoms with E-state index >= 15 is 0 Å². The van der Waals surface area contributed by atoms with Gasteiger partial charge in [-0.25, -0.2) is 4.79 Å². The minimum Gasteiger partial charge on any atom is -0.444 e. The van der Waals surface area contributed by atoms with Crippen LogP contribution in [0.3, 0.4) is 0 Å². The van der Waals surface area contributed by atoms with Gasteiger partial charge in [-0.05, 0) is 45.4 Å². The van der Waals surface area contributed by atoms with Crippen LogP contribution in [0.25, 0.3) is 0 Å². The Labute approximate surface area is 111 Å². The predicted octanol–water partition coefficient (Wildman–Crippen LogP) is 2.81. The third-order valence-electron chi connectivity index (χ3n) is 3.77. The first-order valence-corrected chi connectivity index (χ1v) is 6.99. The van der Waals surface area contributed by atoms with Gasteiger partial charge in [0, 0.05) is 12.6 Å². The molecular weight excluding hydrogens is 228 g/mol. The van der Waals surface area contributed by atoms with Gasteiger partial charge in [0.25, 0.3) is 0 Å². The third-order valence-corrected chi connectivity index (χ3v) is 3.77. The van der Waals surface area contributed by atoms with Crippen LogP contribution in [0.2, 0.25) is 0 Å². The summed E-state index contributed by atoms with van der Waals surface area (Å²) in [6.45, 7) is 8.29. The van der Waals surface area contributed by atoms with E-state index in [1.165, 1.54) is 25.7 Å². The van der Waals surface area contributed by atoms with E-state index in [-0.39, 0.29) is 12.1 Å². The largest absolute Gasteiger partial charge is 0.444 e. The van der Waals surface area contributed by atoms with Gasteiger partial charge < -0.3 is 15.8 Å². The van der Waals surface area contributed by atoms with Crippen LogP contribution in [0.15, 0.2) is 0 Å². The number of alkyl carbamates (subject to hydrolysis) is 1. The summed E-state index contributed by atoms with van der Waals surface area (Å²) in [6.07, 6.45) is 5.69. The number of hydrogen-bond acceptors (Lipinski definition) is 3. The van der Waals surface area contributed by atoms with E-state index in [0.717, 1.165) is 6.42 Å². The van der Waals surface area contributed by atoms with Crippen molar-refractivity contribution >= 4 is 6.09 Å². The molecule has 0 heterocycles. The van der Waals surface area contributed by atoms with Gasteiger partial charge in [0.2, 0.25) is 0 Å². The summed E-state index contributed by atoms with van der Waals surface area (Å²) < 4.78 is 5.18. The maximum Gasteiger partial charge on any atom is 0.407 e. The zero-order chi connectivity index (χ0) is 13.8. The Morgan fingerprint density at radius 1 is 1.44 bits per heavy atom. The molecule has 0 aromatic carbocycles. The van der Waals surface area contributed by atoms with Gasteiger partial charge in [-0.2, -0.15) is 0 Å². The molecule has 18 heavy (non-hydrogen) atoms. The number of carbonyl (C=O) groups is 1. The van der Waals surface area contributed by atoms with Crippen LogP contribution in [0, 0.1) is 5.41 Å². The van der Waals surface area contributed by atoms with E-state index in [1.807, 2.05) is 20.8 Å². The lowest BCUT2D eigenvalue weighted by Gasteiger charge is -2.43. The fourth-order valence-corrected chi connectivity index (χ4v) is 2.54. The van der Waals surface area contributed by atoms with Crippen LogP contribution >= 0.6 is 0 Å². The maximum atomic E-state index is 11.5. The second-order valence-corrected chi connectivity index (χ2v) is 6.55. The Morgan fingerprint density at radius 2 is 2.06 bits per heavy atom. The molecule has 1 aliphatic rings. The molecule has 0 aliphatic heterocycles. The van der Waals surface area contributed by atoms with Gasteiger partial charge in [-0.15, -0.1) is 0 Å². The lowest BCUT2D eigenvalue weighted by Crippen LogP contribution is -2.44. The molecule has 0 bridgehead atoms. The second kappa shape index (κ2) is 5.91. The van der Waals surface area contributed by atoms with Crippen molar-refractivity contribution in [1.82, 2.24) is 5.32 Å². The highest BCUT2D eigenvalue weighted by Gasteiger charge is 2.36. The van der Waals surface area contributed by atoms with Gasteiger partial charge in [0.15, 0.2) is 0 Å². The van der Waals surface area contributed by atoms with Crippen molar-refractivity contribution in [2.24, 2.45) is 11.1 Å². The van der Waals surface area contributed by atoms with Crippen molar-refractivity contribution in [3.8, 4) is 0 Å². The molecule has 106 valence electrons. The number of hydrogen-bond donors (Lipinski definition) is 2. The van der Waals surface area contributed by atoms with Crippen molar-refractivity contribution < 1.29 is 9.53 Å². The molecule has 1 amide bonds. The molecule has 4 heteroatoms. The molecular formula is C14H28N2O2. The molecule has 1 fully saturated rings. The van der Waals surface area contributed by atoms with E-state index in [0.29, 0.717) is 12.0 Å². The average molecular weight is 256 g/mol. The molecule has 0 aromatic rings. The van der Waals surface area contributed by atoms with Crippen LogP contribution in [0.4, 0.5) is 4.79 Å². The van der Waals surface area contributed by atoms with Crippen LogP contribution in [0.1, 0.15) is 59.8 Å². The van der Waals surface area contributed by atoms with E-state index in [4.69, 9.17) is 10.5 Å². The van der Waals surface area contributed by atoms with E-state index < -0.39 is 5.60 Å². The molecule has 1 atom stereocenters. The zero-order valence-electron chi connectivity index (χ0n) is 12.2. The average Bonchev–Trinajstić information content (AvgIpc) is 2.18. The van der Waals surface area contributed by atoms with Crippen LogP contribution < -0.4 is 11.1 Å². The lowest BCUT2D eigenvalue weighted by atomic mass is 9.64. The lowest BCUT2D eigenvalue weighted by molar-refractivity contribution is 0.0511. The van der Waals surface area contributed by atoms with Gasteiger partial charge in [-0.1, -0.05) is 19.8 Å². The maximum absolute atomic E-state index is 11.5. The Morgan fingerprint density at radius 3 is 2.44 bits per heavy atom. The van der Waals surface area contributed by atoms with Gasteiger partial charge in [0.05, 0.1) is 0 Å². The standard InChI is InChI=1S/C14H28N2O2/c1-5-14(7-6-8-14)9-11(15)10-16-12(17)18-13(2,3)4/h11H,5-10,15H2,1-4H3,(H,16,17).